The van der Waals surface area contributed by atoms with Crippen molar-refractivity contribution in [2.45, 2.75) is 13.0 Å². The number of nitro benzene ring substituents is 1. The van der Waals surface area contributed by atoms with Gasteiger partial charge in [0.1, 0.15) is 0 Å². The summed E-state index contributed by atoms with van der Waals surface area (Å²) >= 11 is 3.40. The maximum Gasteiger partial charge on any atom is 0.270 e. The summed E-state index contributed by atoms with van der Waals surface area (Å²) in [7, 11) is 0. The summed E-state index contributed by atoms with van der Waals surface area (Å²) in [6, 6.07) is 5.35. The first-order valence-electron chi connectivity index (χ1n) is 5.50. The molecule has 0 saturated carbocycles. The van der Waals surface area contributed by atoms with E-state index in [1.165, 1.54) is 0 Å². The Balaban J connectivity index is 2.23. The van der Waals surface area contributed by atoms with Crippen LogP contribution in [0.1, 0.15) is 6.92 Å². The average Bonchev–Trinajstić information content (AvgIpc) is 2.28. The lowest BCUT2D eigenvalue weighted by Crippen LogP contribution is -2.49. The maximum absolute atomic E-state index is 10.7. The van der Waals surface area contributed by atoms with E-state index in [1.807, 2.05) is 0 Å². The topological polar surface area (TPSA) is 58.4 Å². The van der Waals surface area contributed by atoms with Crippen molar-refractivity contribution < 1.29 is 4.92 Å². The van der Waals surface area contributed by atoms with Crippen LogP contribution in [-0.2, 0) is 0 Å². The molecule has 1 fully saturated rings. The van der Waals surface area contributed by atoms with Crippen molar-refractivity contribution in [3.63, 3.8) is 0 Å². The Morgan fingerprint density at radius 1 is 1.59 bits per heavy atom. The Bertz CT molecular complexity index is 439. The fourth-order valence-corrected chi connectivity index (χ4v) is 2.63. The molecule has 0 amide bonds. The average molecular weight is 300 g/mol. The van der Waals surface area contributed by atoms with Gasteiger partial charge in [0.15, 0.2) is 0 Å². The number of halogens is 1. The van der Waals surface area contributed by atoms with E-state index in [1.54, 1.807) is 18.2 Å². The van der Waals surface area contributed by atoms with Gasteiger partial charge in [-0.1, -0.05) is 0 Å². The first-order valence-corrected chi connectivity index (χ1v) is 6.29. The van der Waals surface area contributed by atoms with Crippen LogP contribution in [0.25, 0.3) is 0 Å². The van der Waals surface area contributed by atoms with E-state index < -0.39 is 0 Å². The van der Waals surface area contributed by atoms with E-state index in [2.05, 4.69) is 33.1 Å². The third kappa shape index (κ3) is 2.76. The summed E-state index contributed by atoms with van der Waals surface area (Å²) in [5.41, 5.74) is 1.13. The molecule has 1 aliphatic rings. The second-order valence-electron chi connectivity index (χ2n) is 4.19. The Morgan fingerprint density at radius 3 is 2.94 bits per heavy atom. The van der Waals surface area contributed by atoms with Gasteiger partial charge in [-0.15, -0.1) is 0 Å². The SMILES string of the molecule is CC1CN(c2ccc([N+](=O)[O-])cc2Br)CCN1. The number of anilines is 1. The van der Waals surface area contributed by atoms with Crippen LogP contribution < -0.4 is 10.2 Å². The smallest absolute Gasteiger partial charge is 0.270 e. The molecule has 17 heavy (non-hydrogen) atoms. The van der Waals surface area contributed by atoms with Gasteiger partial charge in [-0.25, -0.2) is 0 Å². The molecule has 0 bridgehead atoms. The second-order valence-corrected chi connectivity index (χ2v) is 5.05. The molecule has 1 aromatic rings. The van der Waals surface area contributed by atoms with Gasteiger partial charge in [0.2, 0.25) is 0 Å². The Labute approximate surface area is 108 Å². The zero-order valence-corrected chi connectivity index (χ0v) is 11.1. The van der Waals surface area contributed by atoms with E-state index in [0.717, 1.165) is 29.8 Å². The minimum absolute atomic E-state index is 0.115. The Hall–Kier alpha value is -1.14. The van der Waals surface area contributed by atoms with Crippen molar-refractivity contribution in [3.8, 4) is 0 Å². The van der Waals surface area contributed by atoms with Crippen molar-refractivity contribution in [1.82, 2.24) is 5.32 Å². The highest BCUT2D eigenvalue weighted by molar-refractivity contribution is 9.10. The minimum Gasteiger partial charge on any atom is -0.368 e. The zero-order chi connectivity index (χ0) is 12.4. The largest absolute Gasteiger partial charge is 0.368 e. The van der Waals surface area contributed by atoms with Gasteiger partial charge in [0.05, 0.1) is 10.6 Å². The van der Waals surface area contributed by atoms with Gasteiger partial charge in [-0.05, 0) is 28.9 Å². The van der Waals surface area contributed by atoms with Crippen LogP contribution in [0.5, 0.6) is 0 Å². The molecule has 92 valence electrons. The van der Waals surface area contributed by atoms with Crippen molar-refractivity contribution in [1.29, 1.82) is 0 Å². The van der Waals surface area contributed by atoms with Gasteiger partial charge >= 0.3 is 0 Å². The van der Waals surface area contributed by atoms with Gasteiger partial charge in [-0.3, -0.25) is 10.1 Å². The van der Waals surface area contributed by atoms with Crippen LogP contribution in [0.15, 0.2) is 22.7 Å². The van der Waals surface area contributed by atoms with E-state index in [-0.39, 0.29) is 10.6 Å². The lowest BCUT2D eigenvalue weighted by molar-refractivity contribution is -0.384. The second kappa shape index (κ2) is 5.01. The molecule has 1 aliphatic heterocycles. The molecule has 0 aliphatic carbocycles. The van der Waals surface area contributed by atoms with Crippen molar-refractivity contribution >= 4 is 27.3 Å². The minimum atomic E-state index is -0.380. The van der Waals surface area contributed by atoms with Crippen LogP contribution >= 0.6 is 15.9 Å². The molecule has 1 saturated heterocycles. The number of hydrogen-bond donors (Lipinski definition) is 1. The lowest BCUT2D eigenvalue weighted by atomic mass is 10.2. The lowest BCUT2D eigenvalue weighted by Gasteiger charge is -2.34. The molecule has 0 radical (unpaired) electrons. The zero-order valence-electron chi connectivity index (χ0n) is 9.52. The van der Waals surface area contributed by atoms with Crippen LogP contribution in [0.2, 0.25) is 0 Å². The van der Waals surface area contributed by atoms with Crippen LogP contribution in [0.4, 0.5) is 11.4 Å². The van der Waals surface area contributed by atoms with Gasteiger partial charge in [0, 0.05) is 42.3 Å². The molecule has 0 aromatic heterocycles. The maximum atomic E-state index is 10.7. The normalized spacial score (nSPS) is 20.4. The van der Waals surface area contributed by atoms with Crippen molar-refractivity contribution in [3.05, 3.63) is 32.8 Å². The first kappa shape index (κ1) is 12.3. The Kier molecular flexibility index (Phi) is 3.63. The van der Waals surface area contributed by atoms with Gasteiger partial charge in [-0.2, -0.15) is 0 Å². The molecule has 1 heterocycles. The van der Waals surface area contributed by atoms with Gasteiger partial charge in [0.25, 0.3) is 5.69 Å². The highest BCUT2D eigenvalue weighted by Gasteiger charge is 2.19. The van der Waals surface area contributed by atoms with E-state index in [4.69, 9.17) is 0 Å². The molecule has 1 aromatic carbocycles. The van der Waals surface area contributed by atoms with E-state index in [0.29, 0.717) is 6.04 Å². The Morgan fingerprint density at radius 2 is 2.35 bits per heavy atom. The summed E-state index contributed by atoms with van der Waals surface area (Å²) < 4.78 is 0.779. The van der Waals surface area contributed by atoms with E-state index in [9.17, 15) is 10.1 Å². The number of nitro groups is 1. The molecule has 1 atom stereocenters. The van der Waals surface area contributed by atoms with Crippen LogP contribution in [0, 0.1) is 10.1 Å². The number of benzene rings is 1. The number of non-ortho nitro benzene ring substituents is 1. The molecule has 0 spiro atoms. The number of piperazine rings is 1. The fourth-order valence-electron chi connectivity index (χ4n) is 2.02. The highest BCUT2D eigenvalue weighted by atomic mass is 79.9. The molecule has 6 heteroatoms. The van der Waals surface area contributed by atoms with Crippen LogP contribution in [0.3, 0.4) is 0 Å². The summed E-state index contributed by atoms with van der Waals surface area (Å²) in [4.78, 5) is 12.5. The predicted octanol–water partition coefficient (Wildman–Crippen LogP) is 2.16. The number of nitrogens with zero attached hydrogens (tertiary/aromatic N) is 2. The standard InChI is InChI=1S/C11H14BrN3O2/c1-8-7-14(5-4-13-8)11-3-2-9(15(16)17)6-10(11)12/h2-3,6,8,13H,4-5,7H2,1H3. The quantitative estimate of drug-likeness (QED) is 0.671. The van der Waals surface area contributed by atoms with Crippen LogP contribution in [-0.4, -0.2) is 30.6 Å². The third-order valence-electron chi connectivity index (χ3n) is 2.85. The number of hydrogen-bond acceptors (Lipinski definition) is 4. The predicted molar refractivity (Wildman–Crippen MR) is 70.5 cm³/mol. The fraction of sp³-hybridized carbons (Fsp3) is 0.455. The number of rotatable bonds is 2. The van der Waals surface area contributed by atoms with Gasteiger partial charge < -0.3 is 10.2 Å². The van der Waals surface area contributed by atoms with E-state index >= 15 is 0 Å². The summed E-state index contributed by atoms with van der Waals surface area (Å²) in [5, 5.41) is 14.0. The summed E-state index contributed by atoms with van der Waals surface area (Å²) in [6.07, 6.45) is 0. The molecule has 2 rings (SSSR count). The highest BCUT2D eigenvalue weighted by Crippen LogP contribution is 2.30. The monoisotopic (exact) mass is 299 g/mol. The first-order chi connectivity index (χ1) is 8.08. The van der Waals surface area contributed by atoms with Crippen molar-refractivity contribution in [2.75, 3.05) is 24.5 Å². The van der Waals surface area contributed by atoms with Crippen molar-refractivity contribution in [2.24, 2.45) is 0 Å². The summed E-state index contributed by atoms with van der Waals surface area (Å²) in [6.45, 7) is 4.90. The molecule has 1 N–H and O–H groups in total. The number of nitrogens with one attached hydrogen (secondary N) is 1. The third-order valence-corrected chi connectivity index (χ3v) is 3.49. The molecular formula is C11H14BrN3O2. The molecule has 5 nitrogen and oxygen atoms in total. The molecular weight excluding hydrogens is 286 g/mol. The molecule has 1 unspecified atom stereocenters. The summed E-state index contributed by atoms with van der Waals surface area (Å²) in [5.74, 6) is 0.